The number of rotatable bonds is 5. The normalized spacial score (nSPS) is 20.4. The molecule has 1 aliphatic heterocycles. The summed E-state index contributed by atoms with van der Waals surface area (Å²) < 4.78 is 5.51. The highest BCUT2D eigenvalue weighted by Gasteiger charge is 2.31. The number of hydrogen-bond acceptors (Lipinski definition) is 4. The molecule has 5 nitrogen and oxygen atoms in total. The van der Waals surface area contributed by atoms with Crippen molar-refractivity contribution in [1.82, 2.24) is 9.80 Å². The van der Waals surface area contributed by atoms with Crippen molar-refractivity contribution in [1.29, 1.82) is 0 Å². The smallest absolute Gasteiger partial charge is 0.410 e. The van der Waals surface area contributed by atoms with Gasteiger partial charge in [-0.1, -0.05) is 0 Å². The third kappa shape index (κ3) is 5.29. The van der Waals surface area contributed by atoms with Gasteiger partial charge in [0.05, 0.1) is 0 Å². The first-order valence-corrected chi connectivity index (χ1v) is 7.68. The molecular formula is C15H31N3O2. The maximum Gasteiger partial charge on any atom is 0.410 e. The van der Waals surface area contributed by atoms with Crippen LogP contribution in [0.4, 0.5) is 4.79 Å². The van der Waals surface area contributed by atoms with E-state index in [0.29, 0.717) is 12.6 Å². The highest BCUT2D eigenvalue weighted by molar-refractivity contribution is 5.68. The molecule has 2 N–H and O–H groups in total. The molecule has 1 atom stereocenters. The van der Waals surface area contributed by atoms with Gasteiger partial charge >= 0.3 is 6.09 Å². The molecule has 5 heteroatoms. The number of ether oxygens (including phenoxy) is 1. The zero-order valence-electron chi connectivity index (χ0n) is 13.7. The molecule has 0 aromatic carbocycles. The summed E-state index contributed by atoms with van der Waals surface area (Å²) in [5, 5.41) is 0. The Bertz CT molecular complexity index is 313. The predicted molar refractivity (Wildman–Crippen MR) is 81.7 cm³/mol. The lowest BCUT2D eigenvalue weighted by Gasteiger charge is -2.34. The Balaban J connectivity index is 2.65. The van der Waals surface area contributed by atoms with Gasteiger partial charge in [-0.05, 0) is 54.0 Å². The van der Waals surface area contributed by atoms with E-state index in [-0.39, 0.29) is 12.1 Å². The van der Waals surface area contributed by atoms with Gasteiger partial charge in [-0.3, -0.25) is 4.90 Å². The number of carbonyl (C=O) groups excluding carboxylic acids is 1. The topological polar surface area (TPSA) is 58.8 Å². The van der Waals surface area contributed by atoms with Crippen LogP contribution in [0.5, 0.6) is 0 Å². The maximum absolute atomic E-state index is 12.3. The minimum atomic E-state index is -0.448. The molecule has 1 rings (SSSR count). The molecule has 0 saturated carbocycles. The lowest BCUT2D eigenvalue weighted by molar-refractivity contribution is 0.0140. The largest absolute Gasteiger partial charge is 0.444 e. The Labute approximate surface area is 123 Å². The Hall–Kier alpha value is -0.810. The molecule has 1 amide bonds. The van der Waals surface area contributed by atoms with E-state index >= 15 is 0 Å². The zero-order chi connectivity index (χ0) is 15.3. The summed E-state index contributed by atoms with van der Waals surface area (Å²) in [6.45, 7) is 13.2. The first-order chi connectivity index (χ1) is 9.24. The molecule has 1 saturated heterocycles. The monoisotopic (exact) mass is 285 g/mol. The van der Waals surface area contributed by atoms with Crippen LogP contribution in [-0.2, 0) is 4.74 Å². The Morgan fingerprint density at radius 2 is 2.10 bits per heavy atom. The van der Waals surface area contributed by atoms with Gasteiger partial charge in [0.2, 0.25) is 0 Å². The molecule has 1 unspecified atom stereocenters. The third-order valence-corrected chi connectivity index (χ3v) is 3.57. The summed E-state index contributed by atoms with van der Waals surface area (Å²) in [7, 11) is 0. The van der Waals surface area contributed by atoms with Crippen molar-refractivity contribution in [3.8, 4) is 0 Å². The SMILES string of the molecule is CC(C)N(CC1CCCN1CCN)C(=O)OC(C)(C)C. The molecule has 20 heavy (non-hydrogen) atoms. The second-order valence-corrected chi connectivity index (χ2v) is 6.85. The van der Waals surface area contributed by atoms with Crippen molar-refractivity contribution in [3.63, 3.8) is 0 Å². The molecule has 0 aromatic rings. The molecule has 118 valence electrons. The van der Waals surface area contributed by atoms with Crippen molar-refractivity contribution >= 4 is 6.09 Å². The Kier molecular flexibility index (Phi) is 6.27. The van der Waals surface area contributed by atoms with Crippen LogP contribution in [0.25, 0.3) is 0 Å². The van der Waals surface area contributed by atoms with Crippen LogP contribution in [-0.4, -0.2) is 59.8 Å². The number of carbonyl (C=O) groups is 1. The molecule has 1 aliphatic rings. The van der Waals surface area contributed by atoms with Crippen LogP contribution in [0.2, 0.25) is 0 Å². The number of amides is 1. The van der Waals surface area contributed by atoms with Gasteiger partial charge in [-0.2, -0.15) is 0 Å². The Morgan fingerprint density at radius 1 is 1.45 bits per heavy atom. The van der Waals surface area contributed by atoms with Crippen LogP contribution in [0.3, 0.4) is 0 Å². The van der Waals surface area contributed by atoms with E-state index in [2.05, 4.69) is 4.90 Å². The maximum atomic E-state index is 12.3. The molecule has 0 radical (unpaired) electrons. The Morgan fingerprint density at radius 3 is 2.60 bits per heavy atom. The predicted octanol–water partition coefficient (Wildman–Crippen LogP) is 2.05. The van der Waals surface area contributed by atoms with Crippen LogP contribution in [0, 0.1) is 0 Å². The fourth-order valence-corrected chi connectivity index (χ4v) is 2.61. The lowest BCUT2D eigenvalue weighted by Crippen LogP contribution is -2.48. The van der Waals surface area contributed by atoms with Crippen LogP contribution in [0.15, 0.2) is 0 Å². The molecular weight excluding hydrogens is 254 g/mol. The van der Waals surface area contributed by atoms with Crippen LogP contribution in [0.1, 0.15) is 47.5 Å². The van der Waals surface area contributed by atoms with E-state index in [1.54, 1.807) is 0 Å². The fraction of sp³-hybridized carbons (Fsp3) is 0.933. The quantitative estimate of drug-likeness (QED) is 0.840. The molecule has 1 fully saturated rings. The first-order valence-electron chi connectivity index (χ1n) is 7.68. The van der Waals surface area contributed by atoms with Crippen molar-refractivity contribution in [2.24, 2.45) is 5.73 Å². The van der Waals surface area contributed by atoms with Crippen LogP contribution < -0.4 is 5.73 Å². The minimum Gasteiger partial charge on any atom is -0.444 e. The summed E-state index contributed by atoms with van der Waals surface area (Å²) in [6, 6.07) is 0.554. The van der Waals surface area contributed by atoms with Gasteiger partial charge in [-0.25, -0.2) is 4.79 Å². The summed E-state index contributed by atoms with van der Waals surface area (Å²) >= 11 is 0. The number of likely N-dealkylation sites (tertiary alicyclic amines) is 1. The zero-order valence-corrected chi connectivity index (χ0v) is 13.7. The van der Waals surface area contributed by atoms with Gasteiger partial charge in [0.1, 0.15) is 5.60 Å². The lowest BCUT2D eigenvalue weighted by atomic mass is 10.2. The molecule has 1 heterocycles. The highest BCUT2D eigenvalue weighted by atomic mass is 16.6. The summed E-state index contributed by atoms with van der Waals surface area (Å²) in [5.74, 6) is 0. The molecule has 0 aromatic heterocycles. The highest BCUT2D eigenvalue weighted by Crippen LogP contribution is 2.20. The van der Waals surface area contributed by atoms with Crippen molar-refractivity contribution < 1.29 is 9.53 Å². The molecule has 0 bridgehead atoms. The minimum absolute atomic E-state index is 0.144. The third-order valence-electron chi connectivity index (χ3n) is 3.57. The molecule has 0 spiro atoms. The number of nitrogens with zero attached hydrogens (tertiary/aromatic N) is 2. The summed E-state index contributed by atoms with van der Waals surface area (Å²) in [4.78, 5) is 16.5. The van der Waals surface area contributed by atoms with Crippen LogP contribution >= 0.6 is 0 Å². The summed E-state index contributed by atoms with van der Waals surface area (Å²) in [5.41, 5.74) is 5.21. The summed E-state index contributed by atoms with van der Waals surface area (Å²) in [6.07, 6.45) is 2.10. The second-order valence-electron chi connectivity index (χ2n) is 6.85. The van der Waals surface area contributed by atoms with E-state index in [1.165, 1.54) is 6.42 Å². The van der Waals surface area contributed by atoms with Gasteiger partial charge in [0.15, 0.2) is 0 Å². The van der Waals surface area contributed by atoms with Gasteiger partial charge in [0.25, 0.3) is 0 Å². The second kappa shape index (κ2) is 7.27. The van der Waals surface area contributed by atoms with Crippen molar-refractivity contribution in [2.75, 3.05) is 26.2 Å². The van der Waals surface area contributed by atoms with Crippen molar-refractivity contribution in [2.45, 2.75) is 65.1 Å². The van der Waals surface area contributed by atoms with E-state index in [9.17, 15) is 4.79 Å². The van der Waals surface area contributed by atoms with Gasteiger partial charge in [0, 0.05) is 31.7 Å². The number of hydrogen-bond donors (Lipinski definition) is 1. The number of nitrogens with two attached hydrogens (primary N) is 1. The van der Waals surface area contributed by atoms with E-state index in [0.717, 1.165) is 26.1 Å². The average Bonchev–Trinajstić information content (AvgIpc) is 2.71. The first kappa shape index (κ1) is 17.2. The van der Waals surface area contributed by atoms with E-state index < -0.39 is 5.60 Å². The fourth-order valence-electron chi connectivity index (χ4n) is 2.61. The van der Waals surface area contributed by atoms with Gasteiger partial charge < -0.3 is 15.4 Å². The van der Waals surface area contributed by atoms with E-state index in [4.69, 9.17) is 10.5 Å². The average molecular weight is 285 g/mol. The van der Waals surface area contributed by atoms with E-state index in [1.807, 2.05) is 39.5 Å². The van der Waals surface area contributed by atoms with Gasteiger partial charge in [-0.15, -0.1) is 0 Å². The molecule has 0 aliphatic carbocycles. The standard InChI is InChI=1S/C15H31N3O2/c1-12(2)18(14(19)20-15(3,4)5)11-13-7-6-9-17(13)10-8-16/h12-13H,6-11,16H2,1-5H3. The van der Waals surface area contributed by atoms with Crippen molar-refractivity contribution in [3.05, 3.63) is 0 Å².